The number of nitrogens with zero attached hydrogens (tertiary/aromatic N) is 1. The molecule has 0 atom stereocenters. The van der Waals surface area contributed by atoms with E-state index < -0.39 is 15.7 Å². The number of benzene rings is 2. The quantitative estimate of drug-likeness (QED) is 0.834. The third-order valence-corrected chi connectivity index (χ3v) is 4.13. The van der Waals surface area contributed by atoms with Crippen LogP contribution < -0.4 is 0 Å². The van der Waals surface area contributed by atoms with Gasteiger partial charge in [-0.1, -0.05) is 12.1 Å². The van der Waals surface area contributed by atoms with Crippen molar-refractivity contribution in [1.82, 2.24) is 0 Å². The Morgan fingerprint density at radius 1 is 1.00 bits per heavy atom. The van der Waals surface area contributed by atoms with Crippen LogP contribution >= 0.6 is 0 Å². The molecule has 5 heteroatoms. The maximum Gasteiger partial charge on any atom is 0.206 e. The lowest BCUT2D eigenvalue weighted by Crippen LogP contribution is -2.02. The Morgan fingerprint density at radius 2 is 1.61 bits per heavy atom. The van der Waals surface area contributed by atoms with Gasteiger partial charge in [-0.25, -0.2) is 12.8 Å². The molecular formula is C13H8FNO2S. The second-order valence-corrected chi connectivity index (χ2v) is 5.55. The molecule has 0 N–H and O–H groups in total. The van der Waals surface area contributed by atoms with Gasteiger partial charge in [0.15, 0.2) is 0 Å². The number of hydrogen-bond acceptors (Lipinski definition) is 3. The highest BCUT2D eigenvalue weighted by Gasteiger charge is 2.18. The van der Waals surface area contributed by atoms with Crippen LogP contribution in [-0.2, 0) is 9.84 Å². The average Bonchev–Trinajstić information content (AvgIpc) is 2.39. The maximum atomic E-state index is 13.0. The molecule has 0 aliphatic rings. The number of halogens is 1. The average molecular weight is 261 g/mol. The number of hydrogen-bond donors (Lipinski definition) is 0. The van der Waals surface area contributed by atoms with Crippen molar-refractivity contribution in [3.05, 3.63) is 59.9 Å². The highest BCUT2D eigenvalue weighted by molar-refractivity contribution is 7.91. The molecule has 0 aliphatic heterocycles. The van der Waals surface area contributed by atoms with Crippen LogP contribution in [0.15, 0.2) is 58.3 Å². The summed E-state index contributed by atoms with van der Waals surface area (Å²) in [5.74, 6) is -0.618. The molecule has 18 heavy (non-hydrogen) atoms. The molecule has 0 spiro atoms. The topological polar surface area (TPSA) is 57.9 Å². The van der Waals surface area contributed by atoms with E-state index in [0.717, 1.165) is 6.07 Å². The Bertz CT molecular complexity index is 733. The third kappa shape index (κ3) is 2.24. The van der Waals surface area contributed by atoms with Crippen molar-refractivity contribution >= 4 is 9.84 Å². The maximum absolute atomic E-state index is 13.0. The Morgan fingerprint density at radius 3 is 2.22 bits per heavy atom. The number of rotatable bonds is 2. The van der Waals surface area contributed by atoms with Crippen LogP contribution in [0.4, 0.5) is 4.39 Å². The van der Waals surface area contributed by atoms with Crippen LogP contribution in [0.5, 0.6) is 0 Å². The lowest BCUT2D eigenvalue weighted by molar-refractivity contribution is 0.591. The van der Waals surface area contributed by atoms with Gasteiger partial charge in [-0.15, -0.1) is 0 Å². The molecule has 0 aromatic heterocycles. The normalized spacial score (nSPS) is 10.9. The molecule has 0 radical (unpaired) electrons. The molecule has 2 aromatic carbocycles. The summed E-state index contributed by atoms with van der Waals surface area (Å²) in [4.78, 5) is -0.148. The fourth-order valence-corrected chi connectivity index (χ4v) is 2.84. The molecule has 2 rings (SSSR count). The summed E-state index contributed by atoms with van der Waals surface area (Å²) in [6.45, 7) is 0. The zero-order valence-corrected chi connectivity index (χ0v) is 9.99. The second kappa shape index (κ2) is 4.59. The predicted octanol–water partition coefficient (Wildman–Crippen LogP) is 2.53. The van der Waals surface area contributed by atoms with Gasteiger partial charge in [0.2, 0.25) is 9.84 Å². The zero-order valence-electron chi connectivity index (χ0n) is 9.17. The Labute approximate surface area is 104 Å². The molecule has 3 nitrogen and oxygen atoms in total. The number of nitriles is 1. The van der Waals surface area contributed by atoms with E-state index in [1.165, 1.54) is 42.5 Å². The monoisotopic (exact) mass is 261 g/mol. The summed E-state index contributed by atoms with van der Waals surface area (Å²) in [6.07, 6.45) is 0. The smallest absolute Gasteiger partial charge is 0.206 e. The largest absolute Gasteiger partial charge is 0.219 e. The van der Waals surface area contributed by atoms with E-state index in [2.05, 4.69) is 0 Å². The molecule has 0 unspecified atom stereocenters. The molecule has 90 valence electrons. The second-order valence-electron chi connectivity index (χ2n) is 3.60. The zero-order chi connectivity index (χ0) is 13.2. The molecule has 0 saturated carbocycles. The van der Waals surface area contributed by atoms with Crippen LogP contribution in [0.2, 0.25) is 0 Å². The minimum Gasteiger partial charge on any atom is -0.219 e. The van der Waals surface area contributed by atoms with Gasteiger partial charge in [0.25, 0.3) is 0 Å². The van der Waals surface area contributed by atoms with Crippen LogP contribution in [0, 0.1) is 17.1 Å². The number of sulfone groups is 1. The van der Waals surface area contributed by atoms with Crippen molar-refractivity contribution in [3.63, 3.8) is 0 Å². The summed E-state index contributed by atoms with van der Waals surface area (Å²) in [6, 6.07) is 12.3. The Kier molecular flexibility index (Phi) is 3.13. The van der Waals surface area contributed by atoms with Gasteiger partial charge in [0.05, 0.1) is 21.4 Å². The molecule has 2 aromatic rings. The predicted molar refractivity (Wildman–Crippen MR) is 63.0 cm³/mol. The van der Waals surface area contributed by atoms with E-state index in [-0.39, 0.29) is 15.4 Å². The molecule has 0 amide bonds. The van der Waals surface area contributed by atoms with Gasteiger partial charge in [0.1, 0.15) is 5.82 Å². The van der Waals surface area contributed by atoms with Crippen LogP contribution in [-0.4, -0.2) is 8.42 Å². The first kappa shape index (κ1) is 12.3. The summed E-state index contributed by atoms with van der Waals surface area (Å²) >= 11 is 0. The molecule has 0 aliphatic carbocycles. The highest BCUT2D eigenvalue weighted by Crippen LogP contribution is 2.21. The molecular weight excluding hydrogens is 253 g/mol. The minimum absolute atomic E-state index is 0.0212. The van der Waals surface area contributed by atoms with Crippen LogP contribution in [0.1, 0.15) is 5.56 Å². The fourth-order valence-electron chi connectivity index (χ4n) is 1.50. The molecule has 0 fully saturated rings. The van der Waals surface area contributed by atoms with E-state index in [1.807, 2.05) is 6.07 Å². The van der Waals surface area contributed by atoms with Gasteiger partial charge in [-0.2, -0.15) is 5.26 Å². The van der Waals surface area contributed by atoms with E-state index in [4.69, 9.17) is 5.26 Å². The van der Waals surface area contributed by atoms with E-state index in [9.17, 15) is 12.8 Å². The fraction of sp³-hybridized carbons (Fsp3) is 0. The first-order valence-electron chi connectivity index (χ1n) is 5.05. The van der Waals surface area contributed by atoms with Crippen molar-refractivity contribution < 1.29 is 12.8 Å². The lowest BCUT2D eigenvalue weighted by atomic mass is 10.2. The van der Waals surface area contributed by atoms with Gasteiger partial charge in [-0.05, 0) is 36.4 Å². The summed E-state index contributed by atoms with van der Waals surface area (Å²) in [7, 11) is -3.79. The first-order chi connectivity index (χ1) is 8.54. The molecule has 0 saturated heterocycles. The minimum atomic E-state index is -3.79. The van der Waals surface area contributed by atoms with E-state index >= 15 is 0 Å². The Hall–Kier alpha value is -2.19. The van der Waals surface area contributed by atoms with Crippen LogP contribution in [0.25, 0.3) is 0 Å². The van der Waals surface area contributed by atoms with Gasteiger partial charge < -0.3 is 0 Å². The Balaban J connectivity index is 2.59. The molecule has 0 bridgehead atoms. The third-order valence-electron chi connectivity index (χ3n) is 2.38. The van der Waals surface area contributed by atoms with Crippen molar-refractivity contribution in [2.75, 3.05) is 0 Å². The summed E-state index contributed by atoms with van der Waals surface area (Å²) in [5, 5.41) is 8.74. The summed E-state index contributed by atoms with van der Waals surface area (Å²) in [5.41, 5.74) is 0.243. The van der Waals surface area contributed by atoms with Crippen molar-refractivity contribution in [2.24, 2.45) is 0 Å². The van der Waals surface area contributed by atoms with Gasteiger partial charge >= 0.3 is 0 Å². The standard InChI is InChI=1S/C13H8FNO2S/c14-11-4-2-6-13(8-11)18(16,17)12-5-1-3-10(7-12)9-15/h1-8H. The van der Waals surface area contributed by atoms with E-state index in [0.29, 0.717) is 0 Å². The van der Waals surface area contributed by atoms with Crippen molar-refractivity contribution in [2.45, 2.75) is 9.79 Å². The van der Waals surface area contributed by atoms with Gasteiger partial charge in [0, 0.05) is 0 Å². The van der Waals surface area contributed by atoms with Crippen molar-refractivity contribution in [1.29, 1.82) is 5.26 Å². The summed E-state index contributed by atoms with van der Waals surface area (Å²) < 4.78 is 37.4. The van der Waals surface area contributed by atoms with E-state index in [1.54, 1.807) is 0 Å². The van der Waals surface area contributed by atoms with Gasteiger partial charge in [-0.3, -0.25) is 0 Å². The van der Waals surface area contributed by atoms with Crippen molar-refractivity contribution in [3.8, 4) is 6.07 Å². The first-order valence-corrected chi connectivity index (χ1v) is 6.53. The van der Waals surface area contributed by atoms with Crippen LogP contribution in [0.3, 0.4) is 0 Å². The SMILES string of the molecule is N#Cc1cccc(S(=O)(=O)c2cccc(F)c2)c1. The highest BCUT2D eigenvalue weighted by atomic mass is 32.2. The lowest BCUT2D eigenvalue weighted by Gasteiger charge is -2.04. The molecule has 0 heterocycles.